The number of amides is 2. The van der Waals surface area contributed by atoms with Crippen LogP contribution in [0, 0.1) is 33.3 Å². The maximum atomic E-state index is 13.7. The topological polar surface area (TPSA) is 157 Å². The highest BCUT2D eigenvalue weighted by Gasteiger charge is 2.68. The Morgan fingerprint density at radius 2 is 2.08 bits per heavy atom. The number of hydrazine groups is 2. The van der Waals surface area contributed by atoms with Crippen LogP contribution >= 0.6 is 11.3 Å². The lowest BCUT2D eigenvalue weighted by Gasteiger charge is -2.64. The second-order valence-corrected chi connectivity index (χ2v) is 13.7. The van der Waals surface area contributed by atoms with E-state index in [9.17, 15) is 19.7 Å². The number of hydrogen-bond acceptors (Lipinski definition) is 9. The van der Waals surface area contributed by atoms with Crippen molar-refractivity contribution in [2.75, 3.05) is 6.54 Å². The zero-order valence-corrected chi connectivity index (χ0v) is 24.7. The standard InChI is InChI=1S/C26H41BN6O6S/c1-15(2)12-21(27-38-20-14-16-13-19(25(16,3)4)26(20,5)39-27)30-22(34)17(29-23(35)18-9-7-11-40-18)8-6-10-28-24-31-32(24)33(36)37/h7,9,11,15-17,19-21,24,28,31H,6,8,10,12-14H2,1-5H3,(H,29,35)(H,30,34)/t16-,17-,19-,20+,21-,24?,26-,32?/m0/s1. The van der Waals surface area contributed by atoms with E-state index in [2.05, 4.69) is 56.0 Å². The third kappa shape index (κ3) is 5.73. The van der Waals surface area contributed by atoms with Gasteiger partial charge in [0.25, 0.3) is 5.91 Å². The highest BCUT2D eigenvalue weighted by molar-refractivity contribution is 7.12. The molecular weight excluding hydrogens is 535 g/mol. The van der Waals surface area contributed by atoms with E-state index >= 15 is 0 Å². The van der Waals surface area contributed by atoms with Crippen LogP contribution in [0.2, 0.25) is 0 Å². The lowest BCUT2D eigenvalue weighted by molar-refractivity contribution is -0.627. The Morgan fingerprint density at radius 3 is 2.70 bits per heavy atom. The number of hydrogen-bond donors (Lipinski definition) is 4. The van der Waals surface area contributed by atoms with Crippen LogP contribution in [-0.2, 0) is 14.1 Å². The predicted octanol–water partition coefficient (Wildman–Crippen LogP) is 2.31. The van der Waals surface area contributed by atoms with Gasteiger partial charge in [-0.3, -0.25) is 14.9 Å². The second kappa shape index (κ2) is 11.2. The van der Waals surface area contributed by atoms with Crippen molar-refractivity contribution in [2.24, 2.45) is 23.2 Å². The number of carbonyl (C=O) groups is 2. The molecule has 7 atom stereocenters. The Labute approximate surface area is 239 Å². The molecule has 2 aliphatic heterocycles. The molecule has 40 heavy (non-hydrogen) atoms. The van der Waals surface area contributed by atoms with Gasteiger partial charge in [0, 0.05) is 0 Å². The SMILES string of the molecule is CC(C)C[C@H](NC(=O)[C@H](CCCNC1NN1[N+](=O)[O-])NC(=O)c1cccs1)B1O[C@@H]2C[C@@H]3C[C@@H](C3(C)C)[C@]2(C)O1. The van der Waals surface area contributed by atoms with Crippen LogP contribution in [0.25, 0.3) is 0 Å². The van der Waals surface area contributed by atoms with Crippen LogP contribution in [0.15, 0.2) is 17.5 Å². The van der Waals surface area contributed by atoms with Crippen LogP contribution in [0.1, 0.15) is 76.4 Å². The molecule has 4 N–H and O–H groups in total. The van der Waals surface area contributed by atoms with Crippen molar-refractivity contribution in [3.05, 3.63) is 32.5 Å². The molecule has 2 bridgehead atoms. The number of nitro groups is 1. The summed E-state index contributed by atoms with van der Waals surface area (Å²) in [5, 5.41) is 22.0. The van der Waals surface area contributed by atoms with Crippen LogP contribution in [0.4, 0.5) is 0 Å². The highest BCUT2D eigenvalue weighted by atomic mass is 32.1. The van der Waals surface area contributed by atoms with E-state index in [1.807, 2.05) is 5.38 Å². The molecule has 1 aromatic rings. The molecule has 1 unspecified atom stereocenters. The molecule has 0 spiro atoms. The molecule has 2 amide bonds. The number of thiophene rings is 1. The number of carbonyl (C=O) groups excluding carboxylic acids is 2. The monoisotopic (exact) mass is 576 g/mol. The van der Waals surface area contributed by atoms with Crippen molar-refractivity contribution >= 4 is 30.3 Å². The summed E-state index contributed by atoms with van der Waals surface area (Å²) in [6.07, 6.45) is 3.16. The molecule has 12 nitrogen and oxygen atoms in total. The minimum absolute atomic E-state index is 0.0102. The van der Waals surface area contributed by atoms with E-state index in [0.717, 1.165) is 18.0 Å². The Morgan fingerprint density at radius 1 is 1.30 bits per heavy atom. The van der Waals surface area contributed by atoms with Gasteiger partial charge in [-0.1, -0.05) is 33.8 Å². The number of nitrogens with one attached hydrogen (secondary N) is 4. The maximum absolute atomic E-state index is 13.7. The van der Waals surface area contributed by atoms with Crippen LogP contribution in [0.5, 0.6) is 0 Å². The Bertz CT molecular complexity index is 1110. The first-order valence-electron chi connectivity index (χ1n) is 14.3. The van der Waals surface area contributed by atoms with Gasteiger partial charge in [-0.2, -0.15) is 0 Å². The third-order valence-corrected chi connectivity index (χ3v) is 10.2. The lowest BCUT2D eigenvalue weighted by atomic mass is 9.43. The normalized spacial score (nSPS) is 31.2. The zero-order chi connectivity index (χ0) is 28.8. The van der Waals surface area contributed by atoms with Crippen molar-refractivity contribution in [1.29, 1.82) is 0 Å². The molecule has 0 aromatic carbocycles. The largest absolute Gasteiger partial charge is 0.481 e. The second-order valence-electron chi connectivity index (χ2n) is 12.8. The van der Waals surface area contributed by atoms with Crippen LogP contribution in [0.3, 0.4) is 0 Å². The van der Waals surface area contributed by atoms with Gasteiger partial charge in [-0.05, 0) is 85.3 Å². The molecule has 1 aromatic heterocycles. The summed E-state index contributed by atoms with van der Waals surface area (Å²) in [5.41, 5.74) is 2.43. The average molecular weight is 577 g/mol. The van der Waals surface area contributed by atoms with Gasteiger partial charge in [0.05, 0.1) is 22.5 Å². The summed E-state index contributed by atoms with van der Waals surface area (Å²) in [6.45, 7) is 11.4. The maximum Gasteiger partial charge on any atom is 0.481 e. The Balaban J connectivity index is 1.24. The fourth-order valence-corrected chi connectivity index (χ4v) is 7.54. The molecular formula is C26H41BN6O6S. The smallest absolute Gasteiger partial charge is 0.404 e. The minimum Gasteiger partial charge on any atom is -0.404 e. The molecule has 0 radical (unpaired) electrons. The molecule has 3 heterocycles. The summed E-state index contributed by atoms with van der Waals surface area (Å²) in [6, 6.07) is 2.73. The van der Waals surface area contributed by atoms with Gasteiger partial charge in [0.2, 0.25) is 12.2 Å². The van der Waals surface area contributed by atoms with Crippen LogP contribution < -0.4 is 21.4 Å². The zero-order valence-electron chi connectivity index (χ0n) is 23.8. The number of nitrogens with zero attached hydrogens (tertiary/aromatic N) is 2. The first-order valence-corrected chi connectivity index (χ1v) is 15.2. The van der Waals surface area contributed by atoms with E-state index in [4.69, 9.17) is 9.31 Å². The predicted molar refractivity (Wildman–Crippen MR) is 150 cm³/mol. The van der Waals surface area contributed by atoms with E-state index < -0.39 is 24.5 Å². The molecule has 3 aliphatic carbocycles. The molecule has 3 saturated carbocycles. The molecule has 6 rings (SSSR count). The first-order chi connectivity index (χ1) is 18.9. The van der Waals surface area contributed by atoms with Crippen molar-refractivity contribution in [3.63, 3.8) is 0 Å². The molecule has 14 heteroatoms. The van der Waals surface area contributed by atoms with Gasteiger partial charge >= 0.3 is 7.12 Å². The van der Waals surface area contributed by atoms with E-state index in [1.54, 1.807) is 12.1 Å². The molecule has 5 fully saturated rings. The molecule has 5 aliphatic rings. The van der Waals surface area contributed by atoms with Gasteiger partial charge in [-0.25, -0.2) is 10.1 Å². The highest BCUT2D eigenvalue weighted by Crippen LogP contribution is 2.65. The summed E-state index contributed by atoms with van der Waals surface area (Å²) in [7, 11) is -0.555. The minimum atomic E-state index is -0.782. The molecule has 220 valence electrons. The van der Waals surface area contributed by atoms with Crippen molar-refractivity contribution in [2.45, 2.75) is 96.7 Å². The quantitative estimate of drug-likeness (QED) is 0.0910. The average Bonchev–Trinajstić information content (AvgIpc) is 3.28. The van der Waals surface area contributed by atoms with E-state index in [-0.39, 0.29) is 40.8 Å². The fraction of sp³-hybridized carbons (Fsp3) is 0.769. The fourth-order valence-electron chi connectivity index (χ4n) is 6.92. The lowest BCUT2D eigenvalue weighted by Crippen LogP contribution is -2.65. The van der Waals surface area contributed by atoms with E-state index in [1.165, 1.54) is 11.3 Å². The number of rotatable bonds is 13. The summed E-state index contributed by atoms with van der Waals surface area (Å²) < 4.78 is 13.2. The summed E-state index contributed by atoms with van der Waals surface area (Å²) in [5.74, 6) is 0.381. The first kappa shape index (κ1) is 29.2. The summed E-state index contributed by atoms with van der Waals surface area (Å²) in [4.78, 5) is 37.9. The van der Waals surface area contributed by atoms with Crippen molar-refractivity contribution < 1.29 is 23.9 Å². The van der Waals surface area contributed by atoms with Gasteiger partial charge in [-0.15, -0.1) is 16.8 Å². The van der Waals surface area contributed by atoms with Gasteiger partial charge in [0.1, 0.15) is 6.04 Å². The Kier molecular flexibility index (Phi) is 8.19. The van der Waals surface area contributed by atoms with Crippen molar-refractivity contribution in [1.82, 2.24) is 26.5 Å². The molecule has 2 saturated heterocycles. The van der Waals surface area contributed by atoms with E-state index in [0.29, 0.717) is 42.5 Å². The van der Waals surface area contributed by atoms with Gasteiger partial charge < -0.3 is 19.9 Å². The Hall–Kier alpha value is -2.26. The third-order valence-electron chi connectivity index (χ3n) is 9.33. The van der Waals surface area contributed by atoms with Crippen LogP contribution in [-0.4, -0.2) is 65.6 Å². The van der Waals surface area contributed by atoms with Gasteiger partial charge in [0.15, 0.2) is 5.03 Å². The van der Waals surface area contributed by atoms with Crippen molar-refractivity contribution in [3.8, 4) is 0 Å². The summed E-state index contributed by atoms with van der Waals surface area (Å²) >= 11 is 1.31.